The average molecular weight is 250 g/mol. The van der Waals surface area contributed by atoms with Crippen LogP contribution in [0.1, 0.15) is 24.2 Å². The van der Waals surface area contributed by atoms with Crippen LogP contribution in [0.4, 0.5) is 0 Å². The van der Waals surface area contributed by atoms with Crippen LogP contribution in [0.5, 0.6) is 0 Å². The summed E-state index contributed by atoms with van der Waals surface area (Å²) >= 11 is 0. The van der Waals surface area contributed by atoms with Crippen molar-refractivity contribution in [3.8, 4) is 6.07 Å². The van der Waals surface area contributed by atoms with Crippen molar-refractivity contribution in [1.29, 1.82) is 5.26 Å². The highest BCUT2D eigenvalue weighted by molar-refractivity contribution is 5.16. The third-order valence-electron chi connectivity index (χ3n) is 3.03. The van der Waals surface area contributed by atoms with Crippen molar-refractivity contribution in [3.05, 3.63) is 11.4 Å². The number of hydrogen-bond acceptors (Lipinski definition) is 5. The van der Waals surface area contributed by atoms with Crippen molar-refractivity contribution in [3.63, 3.8) is 0 Å². The molecule has 1 fully saturated rings. The first-order valence-electron chi connectivity index (χ1n) is 6.32. The molecule has 1 aliphatic carbocycles. The fraction of sp³-hybridized carbons (Fsp3) is 0.750. The highest BCUT2D eigenvalue weighted by atomic mass is 16.5. The molecule has 2 rings (SSSR count). The monoisotopic (exact) mass is 250 g/mol. The normalized spacial score (nSPS) is 14.7. The summed E-state index contributed by atoms with van der Waals surface area (Å²) in [6.45, 7) is 1.51. The van der Waals surface area contributed by atoms with Crippen LogP contribution in [0.15, 0.2) is 0 Å². The highest BCUT2D eigenvalue weighted by Gasteiger charge is 2.25. The largest absolute Gasteiger partial charge is 0.394 e. The van der Waals surface area contributed by atoms with Crippen molar-refractivity contribution in [2.24, 2.45) is 5.92 Å². The van der Waals surface area contributed by atoms with E-state index in [1.165, 1.54) is 12.8 Å². The van der Waals surface area contributed by atoms with E-state index in [2.05, 4.69) is 16.4 Å². The van der Waals surface area contributed by atoms with E-state index in [4.69, 9.17) is 15.1 Å². The summed E-state index contributed by atoms with van der Waals surface area (Å²) in [6.07, 6.45) is 3.81. The van der Waals surface area contributed by atoms with E-state index in [1.54, 1.807) is 0 Å². The molecule has 0 radical (unpaired) electrons. The zero-order chi connectivity index (χ0) is 12.8. The van der Waals surface area contributed by atoms with Gasteiger partial charge in [-0.25, -0.2) is 4.68 Å². The molecule has 0 aliphatic heterocycles. The van der Waals surface area contributed by atoms with Gasteiger partial charge in [-0.05, 0) is 25.2 Å². The minimum atomic E-state index is 0.0337. The molecule has 1 aromatic heterocycles. The highest BCUT2D eigenvalue weighted by Crippen LogP contribution is 2.33. The first-order chi connectivity index (χ1) is 8.85. The van der Waals surface area contributed by atoms with Crippen LogP contribution < -0.4 is 0 Å². The molecule has 1 aromatic rings. The summed E-state index contributed by atoms with van der Waals surface area (Å²) in [5, 5.41) is 25.6. The number of rotatable bonds is 8. The maximum Gasteiger partial charge on any atom is 0.0999 e. The second-order valence-electron chi connectivity index (χ2n) is 4.52. The smallest absolute Gasteiger partial charge is 0.0999 e. The Hall–Kier alpha value is -1.45. The SMILES string of the molecule is N#CCc1nnn(CCOCCO)c1CC1CC1. The van der Waals surface area contributed by atoms with Crippen LogP contribution in [-0.4, -0.2) is 39.9 Å². The molecule has 0 amide bonds. The molecule has 0 saturated heterocycles. The second kappa shape index (κ2) is 6.47. The number of ether oxygens (including phenoxy) is 1. The number of nitriles is 1. The number of nitrogens with zero attached hydrogens (tertiary/aromatic N) is 4. The molecule has 0 spiro atoms. The number of hydrogen-bond donors (Lipinski definition) is 1. The molecule has 1 aliphatic rings. The van der Waals surface area contributed by atoms with E-state index in [-0.39, 0.29) is 6.61 Å². The van der Waals surface area contributed by atoms with Gasteiger partial charge < -0.3 is 9.84 Å². The summed E-state index contributed by atoms with van der Waals surface area (Å²) in [7, 11) is 0. The molecular formula is C12H18N4O2. The molecule has 0 aromatic carbocycles. The van der Waals surface area contributed by atoms with E-state index < -0.39 is 0 Å². The molecule has 98 valence electrons. The molecule has 6 heteroatoms. The Morgan fingerprint density at radius 1 is 1.44 bits per heavy atom. The van der Waals surface area contributed by atoms with Crippen LogP contribution in [0.2, 0.25) is 0 Å². The maximum atomic E-state index is 8.77. The summed E-state index contributed by atoms with van der Waals surface area (Å²) < 4.78 is 7.06. The van der Waals surface area contributed by atoms with Gasteiger partial charge >= 0.3 is 0 Å². The Labute approximate surface area is 106 Å². The van der Waals surface area contributed by atoms with Crippen molar-refractivity contribution >= 4 is 0 Å². The molecule has 18 heavy (non-hydrogen) atoms. The lowest BCUT2D eigenvalue weighted by Crippen LogP contribution is -2.13. The molecule has 0 bridgehead atoms. The maximum absolute atomic E-state index is 8.77. The quantitative estimate of drug-likeness (QED) is 0.671. The van der Waals surface area contributed by atoms with Crippen molar-refractivity contribution in [1.82, 2.24) is 15.0 Å². The fourth-order valence-electron chi connectivity index (χ4n) is 1.90. The Balaban J connectivity index is 1.96. The topological polar surface area (TPSA) is 84.0 Å². The number of aliphatic hydroxyl groups is 1. The average Bonchev–Trinajstić information content (AvgIpc) is 3.11. The van der Waals surface area contributed by atoms with Crippen molar-refractivity contribution in [2.75, 3.05) is 19.8 Å². The van der Waals surface area contributed by atoms with Crippen molar-refractivity contribution in [2.45, 2.75) is 32.2 Å². The lowest BCUT2D eigenvalue weighted by Gasteiger charge is -2.07. The van der Waals surface area contributed by atoms with E-state index in [0.29, 0.717) is 26.2 Å². The van der Waals surface area contributed by atoms with Crippen LogP contribution in [0.3, 0.4) is 0 Å². The third kappa shape index (κ3) is 3.52. The van der Waals surface area contributed by atoms with Crippen LogP contribution in [0.25, 0.3) is 0 Å². The van der Waals surface area contributed by atoms with Gasteiger partial charge in [0.1, 0.15) is 0 Å². The van der Waals surface area contributed by atoms with Gasteiger partial charge in [0.2, 0.25) is 0 Å². The van der Waals surface area contributed by atoms with Crippen molar-refractivity contribution < 1.29 is 9.84 Å². The summed E-state index contributed by atoms with van der Waals surface area (Å²) in [5.74, 6) is 0.734. The Morgan fingerprint density at radius 3 is 2.94 bits per heavy atom. The third-order valence-corrected chi connectivity index (χ3v) is 3.03. The van der Waals surface area contributed by atoms with Crippen LogP contribution >= 0.6 is 0 Å². The Morgan fingerprint density at radius 2 is 2.28 bits per heavy atom. The molecule has 1 heterocycles. The summed E-state index contributed by atoms with van der Waals surface area (Å²) in [4.78, 5) is 0. The molecule has 0 unspecified atom stereocenters. The Kier molecular flexibility index (Phi) is 4.67. The molecular weight excluding hydrogens is 232 g/mol. The lowest BCUT2D eigenvalue weighted by molar-refractivity contribution is 0.0847. The lowest BCUT2D eigenvalue weighted by atomic mass is 10.1. The predicted octanol–water partition coefficient (Wildman–Crippen LogP) is 0.306. The van der Waals surface area contributed by atoms with E-state index >= 15 is 0 Å². The van der Waals surface area contributed by atoms with Gasteiger partial charge in [-0.3, -0.25) is 0 Å². The molecule has 6 nitrogen and oxygen atoms in total. The number of aromatic nitrogens is 3. The van der Waals surface area contributed by atoms with Crippen LogP contribution in [-0.2, 0) is 24.1 Å². The molecule has 0 atom stereocenters. The van der Waals surface area contributed by atoms with E-state index in [9.17, 15) is 0 Å². The Bertz CT molecular complexity index is 420. The van der Waals surface area contributed by atoms with Crippen LogP contribution in [0, 0.1) is 17.2 Å². The van der Waals surface area contributed by atoms with Gasteiger partial charge in [0.15, 0.2) is 0 Å². The fourth-order valence-corrected chi connectivity index (χ4v) is 1.90. The first kappa shape index (κ1) is 13.0. The minimum absolute atomic E-state index is 0.0337. The van der Waals surface area contributed by atoms with Gasteiger partial charge in [-0.1, -0.05) is 5.21 Å². The van der Waals surface area contributed by atoms with Gasteiger partial charge in [-0.15, -0.1) is 5.10 Å². The van der Waals surface area contributed by atoms with Gasteiger partial charge in [0, 0.05) is 0 Å². The summed E-state index contributed by atoms with van der Waals surface area (Å²) in [6, 6.07) is 2.13. The van der Waals surface area contributed by atoms with Gasteiger partial charge in [-0.2, -0.15) is 5.26 Å². The van der Waals surface area contributed by atoms with Gasteiger partial charge in [0.25, 0.3) is 0 Å². The van der Waals surface area contributed by atoms with E-state index in [1.807, 2.05) is 4.68 Å². The second-order valence-corrected chi connectivity index (χ2v) is 4.52. The minimum Gasteiger partial charge on any atom is -0.394 e. The standard InChI is InChI=1S/C12H18N4O2/c13-4-3-11-12(9-10-1-2-10)16(15-14-11)5-7-18-8-6-17/h10,17H,1-3,5-9H2. The molecule has 1 N–H and O–H groups in total. The zero-order valence-corrected chi connectivity index (χ0v) is 10.4. The predicted molar refractivity (Wildman–Crippen MR) is 63.7 cm³/mol. The zero-order valence-electron chi connectivity index (χ0n) is 10.4. The number of aliphatic hydroxyl groups excluding tert-OH is 1. The first-order valence-corrected chi connectivity index (χ1v) is 6.32. The van der Waals surface area contributed by atoms with E-state index in [0.717, 1.165) is 23.7 Å². The van der Waals surface area contributed by atoms with Gasteiger partial charge in [0.05, 0.1) is 50.2 Å². The molecule has 1 saturated carbocycles. The summed E-state index contributed by atoms with van der Waals surface area (Å²) in [5.41, 5.74) is 1.87.